The minimum absolute atomic E-state index is 0.208. The molecule has 1 aliphatic rings. The van der Waals surface area contributed by atoms with Gasteiger partial charge >= 0.3 is 5.97 Å². The topological polar surface area (TPSA) is 50.2 Å². The summed E-state index contributed by atoms with van der Waals surface area (Å²) in [5.74, 6) is -0.653. The second-order valence-electron chi connectivity index (χ2n) is 4.55. The highest BCUT2D eigenvalue weighted by atomic mass is 32.1. The lowest BCUT2D eigenvalue weighted by Crippen LogP contribution is -2.01. The molecule has 1 aromatic carbocycles. The molecule has 0 radical (unpaired) electrons. The predicted molar refractivity (Wildman–Crippen MR) is 70.4 cm³/mol. The number of hydrogen-bond acceptors (Lipinski definition) is 3. The molecule has 4 heteroatoms. The Kier molecular flexibility index (Phi) is 2.67. The average Bonchev–Trinajstić information content (AvgIpc) is 2.92. The van der Waals surface area contributed by atoms with Gasteiger partial charge in [-0.25, -0.2) is 9.78 Å². The van der Waals surface area contributed by atoms with Crippen LogP contribution in [0.4, 0.5) is 0 Å². The van der Waals surface area contributed by atoms with E-state index in [4.69, 9.17) is 5.11 Å². The van der Waals surface area contributed by atoms with E-state index in [0.29, 0.717) is 0 Å². The molecule has 0 bridgehead atoms. The maximum absolute atomic E-state index is 11.0. The molecule has 92 valence electrons. The van der Waals surface area contributed by atoms with Crippen molar-refractivity contribution in [3.05, 3.63) is 51.0 Å². The zero-order valence-electron chi connectivity index (χ0n) is 10.0. The number of nitrogens with zero attached hydrogens (tertiary/aromatic N) is 1. The number of thiazole rings is 1. The zero-order chi connectivity index (χ0) is 12.7. The third-order valence-corrected chi connectivity index (χ3v) is 4.53. The summed E-state index contributed by atoms with van der Waals surface area (Å²) in [5.41, 5.74) is 2.88. The Bertz CT molecular complexity index is 618. The van der Waals surface area contributed by atoms with Crippen molar-refractivity contribution in [2.24, 2.45) is 0 Å². The van der Waals surface area contributed by atoms with E-state index in [-0.39, 0.29) is 11.6 Å². The molecule has 3 rings (SSSR count). The molecule has 2 aromatic rings. The standard InChI is InChI=1S/C14H13NO2S/c1-8-12(14(16)17)15-13(18-8)11-7-6-9-4-2-3-5-10(9)11/h2-5,11H,6-7H2,1H3,(H,16,17). The van der Waals surface area contributed by atoms with Crippen LogP contribution in [-0.4, -0.2) is 16.1 Å². The van der Waals surface area contributed by atoms with Crippen LogP contribution in [0.5, 0.6) is 0 Å². The van der Waals surface area contributed by atoms with Crippen molar-refractivity contribution in [2.75, 3.05) is 0 Å². The van der Waals surface area contributed by atoms with Crippen LogP contribution >= 0.6 is 11.3 Å². The van der Waals surface area contributed by atoms with Gasteiger partial charge in [-0.15, -0.1) is 11.3 Å². The Labute approximate surface area is 109 Å². The summed E-state index contributed by atoms with van der Waals surface area (Å²) in [4.78, 5) is 16.1. The van der Waals surface area contributed by atoms with Crippen molar-refractivity contribution in [2.45, 2.75) is 25.7 Å². The maximum atomic E-state index is 11.0. The van der Waals surface area contributed by atoms with Gasteiger partial charge in [-0.3, -0.25) is 0 Å². The van der Waals surface area contributed by atoms with Gasteiger partial charge in [0.05, 0.1) is 0 Å². The van der Waals surface area contributed by atoms with E-state index in [1.807, 2.05) is 13.0 Å². The quantitative estimate of drug-likeness (QED) is 0.900. The molecule has 3 nitrogen and oxygen atoms in total. The van der Waals surface area contributed by atoms with Gasteiger partial charge in [-0.2, -0.15) is 0 Å². The fraction of sp³-hybridized carbons (Fsp3) is 0.286. The van der Waals surface area contributed by atoms with Gasteiger partial charge in [0.2, 0.25) is 0 Å². The third kappa shape index (κ3) is 1.73. The van der Waals surface area contributed by atoms with Gasteiger partial charge in [0, 0.05) is 10.8 Å². The fourth-order valence-corrected chi connectivity index (χ4v) is 3.65. The minimum atomic E-state index is -0.929. The summed E-state index contributed by atoms with van der Waals surface area (Å²) >= 11 is 1.51. The van der Waals surface area contributed by atoms with E-state index >= 15 is 0 Å². The number of aromatic nitrogens is 1. The van der Waals surface area contributed by atoms with Crippen molar-refractivity contribution in [1.82, 2.24) is 4.98 Å². The van der Waals surface area contributed by atoms with Gasteiger partial charge < -0.3 is 5.11 Å². The normalized spacial score (nSPS) is 17.7. The number of hydrogen-bond donors (Lipinski definition) is 1. The third-order valence-electron chi connectivity index (χ3n) is 3.45. The van der Waals surface area contributed by atoms with Crippen molar-refractivity contribution < 1.29 is 9.90 Å². The highest BCUT2D eigenvalue weighted by molar-refractivity contribution is 7.12. The Morgan fingerprint density at radius 1 is 1.44 bits per heavy atom. The highest BCUT2D eigenvalue weighted by Crippen LogP contribution is 2.40. The molecular formula is C14H13NO2S. The lowest BCUT2D eigenvalue weighted by molar-refractivity contribution is 0.0690. The Morgan fingerprint density at radius 2 is 2.22 bits per heavy atom. The molecule has 18 heavy (non-hydrogen) atoms. The van der Waals surface area contributed by atoms with E-state index < -0.39 is 5.97 Å². The number of carboxylic acid groups (broad SMARTS) is 1. The van der Waals surface area contributed by atoms with E-state index in [1.54, 1.807) is 0 Å². The lowest BCUT2D eigenvalue weighted by atomic mass is 10.0. The maximum Gasteiger partial charge on any atom is 0.355 e. The average molecular weight is 259 g/mol. The van der Waals surface area contributed by atoms with E-state index in [1.165, 1.54) is 22.5 Å². The molecule has 1 heterocycles. The smallest absolute Gasteiger partial charge is 0.355 e. The van der Waals surface area contributed by atoms with Crippen molar-refractivity contribution >= 4 is 17.3 Å². The van der Waals surface area contributed by atoms with Gasteiger partial charge in [0.1, 0.15) is 5.01 Å². The molecule has 0 amide bonds. The molecule has 0 fully saturated rings. The van der Waals surface area contributed by atoms with Crippen LogP contribution in [0.15, 0.2) is 24.3 Å². The lowest BCUT2D eigenvalue weighted by Gasteiger charge is -2.07. The number of carbonyl (C=O) groups is 1. The monoisotopic (exact) mass is 259 g/mol. The summed E-state index contributed by atoms with van der Waals surface area (Å²) in [6, 6.07) is 8.37. The summed E-state index contributed by atoms with van der Waals surface area (Å²) < 4.78 is 0. The van der Waals surface area contributed by atoms with Crippen molar-refractivity contribution in [1.29, 1.82) is 0 Å². The molecule has 0 spiro atoms. The van der Waals surface area contributed by atoms with Gasteiger partial charge in [0.25, 0.3) is 0 Å². The number of fused-ring (bicyclic) bond motifs is 1. The second kappa shape index (κ2) is 4.21. The first-order valence-corrected chi connectivity index (χ1v) is 6.77. The highest BCUT2D eigenvalue weighted by Gasteiger charge is 2.27. The van der Waals surface area contributed by atoms with Crippen LogP contribution < -0.4 is 0 Å². The van der Waals surface area contributed by atoms with Crippen LogP contribution in [0.2, 0.25) is 0 Å². The largest absolute Gasteiger partial charge is 0.476 e. The number of aryl methyl sites for hydroxylation is 2. The summed E-state index contributed by atoms with van der Waals surface area (Å²) in [5, 5.41) is 10.0. The first kappa shape index (κ1) is 11.4. The van der Waals surface area contributed by atoms with E-state index in [2.05, 4.69) is 23.2 Å². The minimum Gasteiger partial charge on any atom is -0.476 e. The van der Waals surface area contributed by atoms with Crippen molar-refractivity contribution in [3.8, 4) is 0 Å². The number of rotatable bonds is 2. The first-order valence-electron chi connectivity index (χ1n) is 5.95. The van der Waals surface area contributed by atoms with Crippen LogP contribution in [0.25, 0.3) is 0 Å². The Hall–Kier alpha value is -1.68. The van der Waals surface area contributed by atoms with Crippen LogP contribution in [0.3, 0.4) is 0 Å². The van der Waals surface area contributed by atoms with Crippen LogP contribution in [0.1, 0.15) is 43.8 Å². The second-order valence-corrected chi connectivity index (χ2v) is 5.79. The molecule has 1 atom stereocenters. The molecule has 1 N–H and O–H groups in total. The van der Waals surface area contributed by atoms with Gasteiger partial charge in [-0.05, 0) is 30.9 Å². The van der Waals surface area contributed by atoms with E-state index in [0.717, 1.165) is 22.7 Å². The molecule has 0 saturated carbocycles. The van der Waals surface area contributed by atoms with Crippen molar-refractivity contribution in [3.63, 3.8) is 0 Å². The molecule has 0 aliphatic heterocycles. The van der Waals surface area contributed by atoms with Gasteiger partial charge in [-0.1, -0.05) is 24.3 Å². The Morgan fingerprint density at radius 3 is 2.94 bits per heavy atom. The zero-order valence-corrected chi connectivity index (χ0v) is 10.8. The van der Waals surface area contributed by atoms with Crippen LogP contribution in [-0.2, 0) is 6.42 Å². The molecular weight excluding hydrogens is 246 g/mol. The Balaban J connectivity index is 2.03. The van der Waals surface area contributed by atoms with Gasteiger partial charge in [0.15, 0.2) is 5.69 Å². The molecule has 0 saturated heterocycles. The van der Waals surface area contributed by atoms with Crippen LogP contribution in [0, 0.1) is 6.92 Å². The number of carboxylic acids is 1. The predicted octanol–water partition coefficient (Wildman–Crippen LogP) is 3.23. The fourth-order valence-electron chi connectivity index (χ4n) is 2.58. The number of aromatic carboxylic acids is 1. The molecule has 1 aromatic heterocycles. The number of benzene rings is 1. The SMILES string of the molecule is Cc1sc(C2CCc3ccccc32)nc1C(=O)O. The summed E-state index contributed by atoms with van der Waals surface area (Å²) in [7, 11) is 0. The summed E-state index contributed by atoms with van der Waals surface area (Å²) in [6.07, 6.45) is 2.09. The summed E-state index contributed by atoms with van der Waals surface area (Å²) in [6.45, 7) is 1.82. The molecule has 1 unspecified atom stereocenters. The van der Waals surface area contributed by atoms with E-state index in [9.17, 15) is 4.79 Å². The first-order chi connectivity index (χ1) is 8.66. The molecule has 1 aliphatic carbocycles.